The van der Waals surface area contributed by atoms with Gasteiger partial charge in [0.2, 0.25) is 0 Å². The minimum absolute atomic E-state index is 0.0413. The molecule has 0 saturated carbocycles. The van der Waals surface area contributed by atoms with Crippen LogP contribution in [0, 0.1) is 5.92 Å². The van der Waals surface area contributed by atoms with Gasteiger partial charge in [0.1, 0.15) is 21.2 Å². The predicted molar refractivity (Wildman–Crippen MR) is 124 cm³/mol. The van der Waals surface area contributed by atoms with Gasteiger partial charge in [-0.2, -0.15) is 0 Å². The molecule has 158 valence electrons. The van der Waals surface area contributed by atoms with Crippen molar-refractivity contribution in [2.24, 2.45) is 10.9 Å². The van der Waals surface area contributed by atoms with E-state index in [2.05, 4.69) is 52.3 Å². The van der Waals surface area contributed by atoms with Gasteiger partial charge >= 0.3 is 0 Å². The number of rotatable bonds is 8. The van der Waals surface area contributed by atoms with E-state index in [1.165, 1.54) is 18.6 Å². The number of nitrogens with one attached hydrogen (secondary N) is 3. The molecule has 1 fully saturated rings. The van der Waals surface area contributed by atoms with Crippen molar-refractivity contribution in [3.63, 3.8) is 0 Å². The highest BCUT2D eigenvalue weighted by molar-refractivity contribution is 8.13. The van der Waals surface area contributed by atoms with Crippen LogP contribution in [0.25, 0.3) is 0 Å². The fraction of sp³-hybridized carbons (Fsp3) is 0.450. The normalized spacial score (nSPS) is 18.3. The van der Waals surface area contributed by atoms with E-state index in [0.717, 1.165) is 37.9 Å². The summed E-state index contributed by atoms with van der Waals surface area (Å²) in [6.45, 7) is 14.0. The van der Waals surface area contributed by atoms with Gasteiger partial charge in [-0.05, 0) is 63.8 Å². The van der Waals surface area contributed by atoms with E-state index < -0.39 is 5.91 Å². The molecule has 1 saturated heterocycles. The zero-order valence-electron chi connectivity index (χ0n) is 16.7. The van der Waals surface area contributed by atoms with Gasteiger partial charge in [-0.3, -0.25) is 9.52 Å². The molecule has 0 aromatic carbocycles. The Morgan fingerprint density at radius 1 is 1.48 bits per heavy atom. The summed E-state index contributed by atoms with van der Waals surface area (Å²) in [6.07, 6.45) is 4.96. The number of pyridine rings is 1. The molecule has 1 unspecified atom stereocenters. The number of halogens is 2. The third-order valence-corrected chi connectivity index (χ3v) is 5.77. The van der Waals surface area contributed by atoms with Gasteiger partial charge in [0.25, 0.3) is 5.91 Å². The van der Waals surface area contributed by atoms with Crippen LogP contribution in [0.5, 0.6) is 0 Å². The van der Waals surface area contributed by atoms with E-state index in [9.17, 15) is 4.79 Å². The second kappa shape index (κ2) is 11.0. The molecule has 0 radical (unpaired) electrons. The summed E-state index contributed by atoms with van der Waals surface area (Å²) in [7, 11) is 0. The monoisotopic (exact) mass is 455 g/mol. The molecule has 9 heteroatoms. The van der Waals surface area contributed by atoms with Crippen molar-refractivity contribution >= 4 is 46.1 Å². The van der Waals surface area contributed by atoms with Crippen molar-refractivity contribution in [2.45, 2.75) is 38.6 Å². The van der Waals surface area contributed by atoms with Crippen LogP contribution in [-0.2, 0) is 0 Å². The molecule has 1 amide bonds. The second-order valence-corrected chi connectivity index (χ2v) is 9.08. The van der Waals surface area contributed by atoms with Crippen molar-refractivity contribution in [3.8, 4) is 0 Å². The first-order valence-electron chi connectivity index (χ1n) is 9.38. The average molecular weight is 456 g/mol. The van der Waals surface area contributed by atoms with Gasteiger partial charge in [0.15, 0.2) is 0 Å². The summed E-state index contributed by atoms with van der Waals surface area (Å²) in [5.41, 5.74) is 0.479. The molecule has 1 aromatic rings. The number of carbonyl (C=O) groups excluding carboxylic acids is 1. The number of amides is 1. The molecular weight excluding hydrogens is 429 g/mol. The lowest BCUT2D eigenvalue weighted by molar-refractivity contribution is 0.0984. The minimum Gasteiger partial charge on any atom is -0.371 e. The summed E-state index contributed by atoms with van der Waals surface area (Å²) in [6, 6.07) is 3.02. The number of hydrogen-bond donors (Lipinski definition) is 3. The van der Waals surface area contributed by atoms with E-state index in [-0.39, 0.29) is 21.4 Å². The number of aliphatic imine (C=N–C) groups is 1. The zero-order chi connectivity index (χ0) is 21.4. The summed E-state index contributed by atoms with van der Waals surface area (Å²) >= 11 is 12.7. The van der Waals surface area contributed by atoms with Crippen LogP contribution in [0.1, 0.15) is 43.5 Å². The Labute approximate surface area is 186 Å². The second-order valence-electron chi connectivity index (χ2n) is 7.51. The lowest BCUT2D eigenvalue weighted by Gasteiger charge is -2.17. The Hall–Kier alpha value is -1.54. The van der Waals surface area contributed by atoms with Crippen LogP contribution >= 0.6 is 35.1 Å². The molecule has 0 spiro atoms. The number of nitrogens with zero attached hydrogens (tertiary/aromatic N) is 2. The maximum Gasteiger partial charge on any atom is 0.264 e. The average Bonchev–Trinajstić information content (AvgIpc) is 3.00. The molecule has 1 aromatic heterocycles. The third-order valence-electron chi connectivity index (χ3n) is 4.51. The lowest BCUT2D eigenvalue weighted by atomic mass is 9.94. The highest BCUT2D eigenvalue weighted by Gasteiger charge is 2.29. The Bertz CT molecular complexity index is 797. The quantitative estimate of drug-likeness (QED) is 0.176. The van der Waals surface area contributed by atoms with Gasteiger partial charge in [-0.25, -0.2) is 9.98 Å². The molecule has 0 aliphatic carbocycles. The largest absolute Gasteiger partial charge is 0.371 e. The standard InChI is InChI=1S/C20H27Cl2N5OS/c1-5-17(29-27-19(28)15-8-9-16(21)26-18(15)22)25-13(2)23-10-6-7-14-11-20(3,4)24-12-14/h5,8-9,14,23-24H,1-2,6-7,10-12H2,3-4H3,(H,27,28)/b25-17+. The summed E-state index contributed by atoms with van der Waals surface area (Å²) < 4.78 is 2.66. The Balaban J connectivity index is 1.74. The Morgan fingerprint density at radius 3 is 2.86 bits per heavy atom. The Kier molecular flexibility index (Phi) is 9.02. The summed E-state index contributed by atoms with van der Waals surface area (Å²) in [5.74, 6) is 0.843. The molecule has 1 aliphatic heterocycles. The van der Waals surface area contributed by atoms with E-state index >= 15 is 0 Å². The van der Waals surface area contributed by atoms with Gasteiger partial charge in [0.05, 0.1) is 5.56 Å². The Morgan fingerprint density at radius 2 is 2.24 bits per heavy atom. The van der Waals surface area contributed by atoms with Gasteiger partial charge in [-0.15, -0.1) is 0 Å². The maximum absolute atomic E-state index is 12.2. The molecule has 2 rings (SSSR count). The first kappa shape index (κ1) is 23.7. The maximum atomic E-state index is 12.2. The van der Waals surface area contributed by atoms with Crippen LogP contribution in [-0.4, -0.2) is 34.6 Å². The van der Waals surface area contributed by atoms with Crippen molar-refractivity contribution in [2.75, 3.05) is 13.1 Å². The molecule has 2 heterocycles. The van der Waals surface area contributed by atoms with E-state index in [1.54, 1.807) is 6.08 Å². The van der Waals surface area contributed by atoms with Crippen LogP contribution < -0.4 is 15.4 Å². The molecule has 1 aliphatic rings. The third kappa shape index (κ3) is 8.01. The highest BCUT2D eigenvalue weighted by Crippen LogP contribution is 2.26. The van der Waals surface area contributed by atoms with Crippen molar-refractivity contribution in [3.05, 3.63) is 53.1 Å². The van der Waals surface area contributed by atoms with Crippen LogP contribution in [0.15, 0.2) is 42.2 Å². The SMILES string of the molecule is C=C/C(=N\C(=C)NCCCC1CNC(C)(C)C1)SNC(=O)c1ccc(Cl)nc1Cl. The highest BCUT2D eigenvalue weighted by atomic mass is 35.5. The molecular formula is C20H27Cl2N5OS. The van der Waals surface area contributed by atoms with Crippen molar-refractivity contribution in [1.29, 1.82) is 0 Å². The first-order valence-corrected chi connectivity index (χ1v) is 11.0. The number of hydrogen-bond acceptors (Lipinski definition) is 6. The van der Waals surface area contributed by atoms with Crippen molar-refractivity contribution in [1.82, 2.24) is 20.3 Å². The minimum atomic E-state index is -0.398. The fourth-order valence-corrected chi connectivity index (χ4v) is 4.11. The molecule has 0 bridgehead atoms. The first-order chi connectivity index (χ1) is 13.7. The van der Waals surface area contributed by atoms with Crippen LogP contribution in [0.4, 0.5) is 0 Å². The van der Waals surface area contributed by atoms with Crippen LogP contribution in [0.3, 0.4) is 0 Å². The van der Waals surface area contributed by atoms with Crippen molar-refractivity contribution < 1.29 is 4.79 Å². The smallest absolute Gasteiger partial charge is 0.264 e. The van der Waals surface area contributed by atoms with Crippen LogP contribution in [0.2, 0.25) is 10.3 Å². The fourth-order valence-electron chi connectivity index (χ4n) is 3.13. The van der Waals surface area contributed by atoms with Gasteiger partial charge in [0, 0.05) is 24.0 Å². The summed E-state index contributed by atoms with van der Waals surface area (Å²) in [5, 5.41) is 7.52. The summed E-state index contributed by atoms with van der Waals surface area (Å²) in [4.78, 5) is 20.4. The molecule has 29 heavy (non-hydrogen) atoms. The molecule has 1 atom stereocenters. The molecule has 3 N–H and O–H groups in total. The number of aromatic nitrogens is 1. The predicted octanol–water partition coefficient (Wildman–Crippen LogP) is 4.58. The topological polar surface area (TPSA) is 78.4 Å². The van der Waals surface area contributed by atoms with E-state index in [4.69, 9.17) is 23.2 Å². The van der Waals surface area contributed by atoms with E-state index in [0.29, 0.717) is 16.8 Å². The lowest BCUT2D eigenvalue weighted by Crippen LogP contribution is -2.31. The zero-order valence-corrected chi connectivity index (χ0v) is 19.1. The molecule has 6 nitrogen and oxygen atoms in total. The van der Waals surface area contributed by atoms with Gasteiger partial charge < -0.3 is 10.6 Å². The number of carbonyl (C=O) groups is 1. The van der Waals surface area contributed by atoms with E-state index in [1.807, 2.05) is 0 Å². The van der Waals surface area contributed by atoms with Gasteiger partial charge in [-0.1, -0.05) is 36.4 Å².